The van der Waals surface area contributed by atoms with Gasteiger partial charge in [-0.2, -0.15) is 0 Å². The van der Waals surface area contributed by atoms with Crippen molar-refractivity contribution in [3.63, 3.8) is 0 Å². The second-order valence-electron chi connectivity index (χ2n) is 5.70. The summed E-state index contributed by atoms with van der Waals surface area (Å²) in [4.78, 5) is 26.0. The van der Waals surface area contributed by atoms with Crippen LogP contribution in [0, 0.1) is 5.92 Å². The third-order valence-corrected chi connectivity index (χ3v) is 4.44. The smallest absolute Gasteiger partial charge is 0.310 e. The second kappa shape index (κ2) is 10.7. The average molecular weight is 419 g/mol. The third-order valence-electron chi connectivity index (χ3n) is 3.91. The zero-order chi connectivity index (χ0) is 16.7. The Labute approximate surface area is 157 Å². The molecule has 134 valence electrons. The zero-order valence-electron chi connectivity index (χ0n) is 13.8. The molecular weight excluding hydrogens is 396 g/mol. The van der Waals surface area contributed by atoms with E-state index in [0.717, 1.165) is 29.5 Å². The van der Waals surface area contributed by atoms with Crippen molar-refractivity contribution in [2.24, 2.45) is 5.92 Å². The summed E-state index contributed by atoms with van der Waals surface area (Å²) in [5.74, 6) is -0.180. The summed E-state index contributed by atoms with van der Waals surface area (Å²) in [7, 11) is 0. The Kier molecular flexibility index (Phi) is 9.33. The number of hydrogen-bond acceptors (Lipinski definition) is 4. The van der Waals surface area contributed by atoms with Crippen LogP contribution in [-0.4, -0.2) is 43.0 Å². The Morgan fingerprint density at radius 1 is 1.33 bits per heavy atom. The first-order valence-corrected chi connectivity index (χ1v) is 8.82. The van der Waals surface area contributed by atoms with E-state index in [0.29, 0.717) is 26.1 Å². The number of halogens is 2. The van der Waals surface area contributed by atoms with Gasteiger partial charge >= 0.3 is 5.97 Å². The van der Waals surface area contributed by atoms with E-state index in [1.165, 1.54) is 0 Å². The zero-order valence-corrected chi connectivity index (χ0v) is 16.1. The number of hydrogen-bond donors (Lipinski definition) is 1. The van der Waals surface area contributed by atoms with Crippen molar-refractivity contribution in [2.75, 3.05) is 31.6 Å². The molecule has 1 unspecified atom stereocenters. The number of nitrogens with one attached hydrogen (secondary N) is 1. The molecule has 1 amide bonds. The van der Waals surface area contributed by atoms with Crippen molar-refractivity contribution < 1.29 is 26.7 Å². The molecule has 1 aromatic rings. The molecule has 0 bridgehead atoms. The van der Waals surface area contributed by atoms with Crippen molar-refractivity contribution >= 4 is 33.5 Å². The second-order valence-corrected chi connectivity index (χ2v) is 6.61. The molecule has 0 aromatic heterocycles. The Hall–Kier alpha value is -1.11. The number of amides is 1. The first-order chi connectivity index (χ1) is 11.1. The molecular formula is C17H23BrClN2O3-. The quantitative estimate of drug-likeness (QED) is 0.664. The van der Waals surface area contributed by atoms with Gasteiger partial charge in [-0.1, -0.05) is 15.9 Å². The minimum atomic E-state index is -0.114. The molecule has 1 saturated heterocycles. The number of piperidine rings is 1. The minimum absolute atomic E-state index is 0. The molecule has 0 radical (unpaired) electrons. The number of anilines is 1. The summed E-state index contributed by atoms with van der Waals surface area (Å²) < 4.78 is 6.08. The van der Waals surface area contributed by atoms with E-state index < -0.39 is 0 Å². The molecule has 1 aromatic carbocycles. The first kappa shape index (κ1) is 20.9. The molecule has 0 spiro atoms. The number of carbonyl (C=O) groups is 2. The van der Waals surface area contributed by atoms with E-state index in [1.54, 1.807) is 0 Å². The first-order valence-electron chi connectivity index (χ1n) is 8.03. The molecule has 5 nitrogen and oxygen atoms in total. The van der Waals surface area contributed by atoms with Gasteiger partial charge in [0, 0.05) is 29.7 Å². The van der Waals surface area contributed by atoms with Crippen LogP contribution in [0.3, 0.4) is 0 Å². The highest BCUT2D eigenvalue weighted by atomic mass is 79.9. The van der Waals surface area contributed by atoms with Crippen LogP contribution in [0.15, 0.2) is 28.7 Å². The minimum Gasteiger partial charge on any atom is -1.00 e. The largest absolute Gasteiger partial charge is 1.00 e. The standard InChI is InChI=1S/C17H23BrN2O3.ClH/c1-2-23-17(22)13-4-3-10-20(12-13)11-9-16(21)19-15-7-5-14(18)6-8-15;/h5-8,13H,2-4,9-12H2,1H3,(H,19,21);1H/p-1. The van der Waals surface area contributed by atoms with Crippen LogP contribution in [0.4, 0.5) is 5.69 Å². The van der Waals surface area contributed by atoms with Crippen molar-refractivity contribution in [2.45, 2.75) is 26.2 Å². The predicted molar refractivity (Wildman–Crippen MR) is 93.2 cm³/mol. The number of rotatable bonds is 6. The van der Waals surface area contributed by atoms with Crippen molar-refractivity contribution in [3.8, 4) is 0 Å². The van der Waals surface area contributed by atoms with Crippen molar-refractivity contribution in [1.29, 1.82) is 0 Å². The number of nitrogens with zero attached hydrogens (tertiary/aromatic N) is 1. The molecule has 1 aliphatic rings. The summed E-state index contributed by atoms with van der Waals surface area (Å²) in [5.41, 5.74) is 0.793. The SMILES string of the molecule is CCOC(=O)C1CCCN(CCC(=O)Nc2ccc(Br)cc2)C1.[Cl-]. The lowest BCUT2D eigenvalue weighted by Crippen LogP contribution is -3.00. The van der Waals surface area contributed by atoms with Crippen LogP contribution >= 0.6 is 15.9 Å². The van der Waals surface area contributed by atoms with Crippen LogP contribution in [0.1, 0.15) is 26.2 Å². The van der Waals surface area contributed by atoms with Gasteiger partial charge in [0.15, 0.2) is 0 Å². The summed E-state index contributed by atoms with van der Waals surface area (Å²) >= 11 is 3.37. The molecule has 0 saturated carbocycles. The van der Waals surface area contributed by atoms with Gasteiger partial charge in [-0.15, -0.1) is 0 Å². The fourth-order valence-corrected chi connectivity index (χ4v) is 2.99. The molecule has 0 aliphatic carbocycles. The van der Waals surface area contributed by atoms with Gasteiger partial charge in [0.2, 0.25) is 5.91 Å². The normalized spacial score (nSPS) is 17.7. The fraction of sp³-hybridized carbons (Fsp3) is 0.529. The van der Waals surface area contributed by atoms with Gasteiger partial charge in [-0.05, 0) is 50.6 Å². The summed E-state index contributed by atoms with van der Waals surface area (Å²) in [6.07, 6.45) is 2.27. The number of likely N-dealkylation sites (tertiary alicyclic amines) is 1. The molecule has 1 N–H and O–H groups in total. The van der Waals surface area contributed by atoms with Gasteiger partial charge in [0.1, 0.15) is 0 Å². The van der Waals surface area contributed by atoms with Gasteiger partial charge < -0.3 is 27.4 Å². The summed E-state index contributed by atoms with van der Waals surface area (Å²) in [5, 5.41) is 2.88. The Morgan fingerprint density at radius 3 is 2.71 bits per heavy atom. The number of ether oxygens (including phenoxy) is 1. The topological polar surface area (TPSA) is 58.6 Å². The van der Waals surface area contributed by atoms with E-state index in [9.17, 15) is 9.59 Å². The molecule has 1 aliphatic heterocycles. The highest BCUT2D eigenvalue weighted by molar-refractivity contribution is 9.10. The highest BCUT2D eigenvalue weighted by Crippen LogP contribution is 2.18. The van der Waals surface area contributed by atoms with Crippen LogP contribution in [0.5, 0.6) is 0 Å². The molecule has 24 heavy (non-hydrogen) atoms. The van der Waals surface area contributed by atoms with Gasteiger partial charge in [-0.3, -0.25) is 9.59 Å². The fourth-order valence-electron chi connectivity index (χ4n) is 2.73. The lowest BCUT2D eigenvalue weighted by atomic mass is 9.98. The Bertz CT molecular complexity index is 539. The molecule has 7 heteroatoms. The van der Waals surface area contributed by atoms with E-state index in [1.807, 2.05) is 31.2 Å². The van der Waals surface area contributed by atoms with E-state index in [-0.39, 0.29) is 30.2 Å². The predicted octanol–water partition coefficient (Wildman–Crippen LogP) is 0.0568. The summed E-state index contributed by atoms with van der Waals surface area (Å²) in [6, 6.07) is 7.51. The maximum Gasteiger partial charge on any atom is 0.310 e. The lowest BCUT2D eigenvalue weighted by molar-refractivity contribution is -0.149. The molecule has 2 rings (SSSR count). The number of esters is 1. The van der Waals surface area contributed by atoms with Crippen molar-refractivity contribution in [1.82, 2.24) is 4.90 Å². The van der Waals surface area contributed by atoms with E-state index in [4.69, 9.17) is 4.74 Å². The molecule has 1 atom stereocenters. The number of benzene rings is 1. The number of carbonyl (C=O) groups excluding carboxylic acids is 2. The maximum absolute atomic E-state index is 12.0. The van der Waals surface area contributed by atoms with Crippen LogP contribution < -0.4 is 17.7 Å². The van der Waals surface area contributed by atoms with E-state index >= 15 is 0 Å². The lowest BCUT2D eigenvalue weighted by Gasteiger charge is -2.31. The molecule has 1 fully saturated rings. The Balaban J connectivity index is 0.00000288. The van der Waals surface area contributed by atoms with Gasteiger partial charge in [0.25, 0.3) is 0 Å². The average Bonchev–Trinajstić information content (AvgIpc) is 2.56. The van der Waals surface area contributed by atoms with Crippen molar-refractivity contribution in [3.05, 3.63) is 28.7 Å². The maximum atomic E-state index is 12.0. The van der Waals surface area contributed by atoms with Gasteiger partial charge in [-0.25, -0.2) is 0 Å². The Morgan fingerprint density at radius 2 is 2.04 bits per heavy atom. The van der Waals surface area contributed by atoms with Gasteiger partial charge in [0.05, 0.1) is 12.5 Å². The van der Waals surface area contributed by atoms with Crippen LogP contribution in [-0.2, 0) is 14.3 Å². The summed E-state index contributed by atoms with van der Waals surface area (Å²) in [6.45, 7) is 4.53. The van der Waals surface area contributed by atoms with Crippen LogP contribution in [0.25, 0.3) is 0 Å². The molecule has 1 heterocycles. The highest BCUT2D eigenvalue weighted by Gasteiger charge is 2.26. The third kappa shape index (κ3) is 6.79. The van der Waals surface area contributed by atoms with E-state index in [2.05, 4.69) is 26.1 Å². The monoisotopic (exact) mass is 417 g/mol. The van der Waals surface area contributed by atoms with Crippen LogP contribution in [0.2, 0.25) is 0 Å².